The van der Waals surface area contributed by atoms with Crippen LogP contribution in [0.1, 0.15) is 12.0 Å². The monoisotopic (exact) mass is 341 g/mol. The third kappa shape index (κ3) is 4.62. The summed E-state index contributed by atoms with van der Waals surface area (Å²) in [7, 11) is 0. The molecule has 0 aliphatic carbocycles. The van der Waals surface area contributed by atoms with Gasteiger partial charge in [-0.2, -0.15) is 18.4 Å². The molecule has 1 aliphatic heterocycles. The number of nitrogens with zero attached hydrogens (tertiary/aromatic N) is 2. The van der Waals surface area contributed by atoms with Gasteiger partial charge in [0, 0.05) is 6.54 Å². The van der Waals surface area contributed by atoms with E-state index in [1.54, 1.807) is 12.1 Å². The SMILES string of the molecule is N#Cc1ccccc1OCC(=O)N[C@H]1CCN(CC(F)(F)F)C1=O. The van der Waals surface area contributed by atoms with E-state index < -0.39 is 37.2 Å². The summed E-state index contributed by atoms with van der Waals surface area (Å²) in [5.74, 6) is -1.19. The molecule has 128 valence electrons. The maximum absolute atomic E-state index is 12.3. The van der Waals surface area contributed by atoms with Crippen LogP contribution in [0.2, 0.25) is 0 Å². The van der Waals surface area contributed by atoms with Gasteiger partial charge in [0.15, 0.2) is 6.61 Å². The van der Waals surface area contributed by atoms with E-state index in [1.165, 1.54) is 12.1 Å². The number of benzene rings is 1. The minimum Gasteiger partial charge on any atom is -0.482 e. The molecule has 1 aliphatic rings. The molecule has 0 radical (unpaired) electrons. The van der Waals surface area contributed by atoms with Gasteiger partial charge in [-0.15, -0.1) is 0 Å². The van der Waals surface area contributed by atoms with Gasteiger partial charge in [-0.1, -0.05) is 12.1 Å². The standard InChI is InChI=1S/C15H14F3N3O3/c16-15(17,18)9-21-6-5-11(14(21)23)20-13(22)8-24-12-4-2-1-3-10(12)7-19/h1-4,11H,5-6,8-9H2,(H,20,22)/t11-/m0/s1. The third-order valence-corrected chi connectivity index (χ3v) is 3.37. The fourth-order valence-electron chi connectivity index (χ4n) is 2.31. The van der Waals surface area contributed by atoms with Crippen LogP contribution >= 0.6 is 0 Å². The molecule has 0 bridgehead atoms. The Morgan fingerprint density at radius 3 is 2.79 bits per heavy atom. The van der Waals surface area contributed by atoms with E-state index in [4.69, 9.17) is 10.00 Å². The zero-order chi connectivity index (χ0) is 17.7. The normalized spacial score (nSPS) is 17.5. The van der Waals surface area contributed by atoms with Gasteiger partial charge in [-0.25, -0.2) is 0 Å². The predicted molar refractivity (Wildman–Crippen MR) is 75.8 cm³/mol. The van der Waals surface area contributed by atoms with Crippen LogP contribution in [0.15, 0.2) is 24.3 Å². The molecular weight excluding hydrogens is 327 g/mol. The van der Waals surface area contributed by atoms with Crippen LogP contribution < -0.4 is 10.1 Å². The number of carbonyl (C=O) groups excluding carboxylic acids is 2. The molecule has 1 heterocycles. The summed E-state index contributed by atoms with van der Waals surface area (Å²) in [6.07, 6.45) is -4.37. The molecule has 1 atom stereocenters. The summed E-state index contributed by atoms with van der Waals surface area (Å²) in [5, 5.41) is 11.2. The zero-order valence-corrected chi connectivity index (χ0v) is 12.5. The van der Waals surface area contributed by atoms with Crippen molar-refractivity contribution in [2.75, 3.05) is 19.7 Å². The number of hydrogen-bond donors (Lipinski definition) is 1. The maximum Gasteiger partial charge on any atom is 0.406 e. The largest absolute Gasteiger partial charge is 0.482 e. The molecule has 0 spiro atoms. The maximum atomic E-state index is 12.3. The molecule has 24 heavy (non-hydrogen) atoms. The van der Waals surface area contributed by atoms with Crippen molar-refractivity contribution in [2.24, 2.45) is 0 Å². The average molecular weight is 341 g/mol. The molecule has 9 heteroatoms. The van der Waals surface area contributed by atoms with Gasteiger partial charge >= 0.3 is 6.18 Å². The van der Waals surface area contributed by atoms with Gasteiger partial charge in [-0.05, 0) is 18.6 Å². The van der Waals surface area contributed by atoms with E-state index in [0.29, 0.717) is 4.90 Å². The third-order valence-electron chi connectivity index (χ3n) is 3.37. The Hall–Kier alpha value is -2.76. The van der Waals surface area contributed by atoms with E-state index in [1.807, 2.05) is 6.07 Å². The highest BCUT2D eigenvalue weighted by Crippen LogP contribution is 2.21. The molecule has 2 rings (SSSR count). The first-order valence-corrected chi connectivity index (χ1v) is 7.07. The first-order valence-electron chi connectivity index (χ1n) is 7.07. The topological polar surface area (TPSA) is 82.4 Å². The van der Waals surface area contributed by atoms with Crippen molar-refractivity contribution in [1.82, 2.24) is 10.2 Å². The van der Waals surface area contributed by atoms with Gasteiger partial charge < -0.3 is 15.0 Å². The Kier molecular flexibility index (Phi) is 5.28. The molecule has 1 aromatic rings. The number of para-hydroxylation sites is 1. The lowest BCUT2D eigenvalue weighted by Gasteiger charge is -2.18. The highest BCUT2D eigenvalue weighted by Gasteiger charge is 2.39. The van der Waals surface area contributed by atoms with Crippen LogP contribution in [-0.2, 0) is 9.59 Å². The Bertz CT molecular complexity index is 670. The number of nitrogens with one attached hydrogen (secondary N) is 1. The van der Waals surface area contributed by atoms with Crippen molar-refractivity contribution in [3.8, 4) is 11.8 Å². The molecule has 1 saturated heterocycles. The van der Waals surface area contributed by atoms with Crippen LogP contribution in [0.3, 0.4) is 0 Å². The molecule has 0 unspecified atom stereocenters. The number of carbonyl (C=O) groups is 2. The van der Waals surface area contributed by atoms with E-state index in [2.05, 4.69) is 5.32 Å². The lowest BCUT2D eigenvalue weighted by atomic mass is 10.2. The van der Waals surface area contributed by atoms with Crippen LogP contribution in [0, 0.1) is 11.3 Å². The molecule has 0 saturated carbocycles. The van der Waals surface area contributed by atoms with Gasteiger partial charge in [0.05, 0.1) is 5.56 Å². The fraction of sp³-hybridized carbons (Fsp3) is 0.400. The first kappa shape index (κ1) is 17.6. The smallest absolute Gasteiger partial charge is 0.406 e. The van der Waals surface area contributed by atoms with E-state index >= 15 is 0 Å². The number of rotatable bonds is 5. The average Bonchev–Trinajstić information content (AvgIpc) is 2.84. The van der Waals surface area contributed by atoms with Crippen molar-refractivity contribution in [3.05, 3.63) is 29.8 Å². The number of halogens is 3. The summed E-state index contributed by atoms with van der Waals surface area (Å²) in [4.78, 5) is 24.3. The van der Waals surface area contributed by atoms with Crippen LogP contribution in [0.25, 0.3) is 0 Å². The van der Waals surface area contributed by atoms with Gasteiger partial charge in [-0.3, -0.25) is 9.59 Å². The minimum atomic E-state index is -4.47. The molecule has 2 amide bonds. The molecular formula is C15H14F3N3O3. The number of hydrogen-bond acceptors (Lipinski definition) is 4. The molecule has 1 aromatic carbocycles. The Morgan fingerprint density at radius 1 is 1.42 bits per heavy atom. The molecule has 1 fully saturated rings. The number of nitriles is 1. The molecule has 0 aromatic heterocycles. The second-order valence-corrected chi connectivity index (χ2v) is 5.18. The highest BCUT2D eigenvalue weighted by molar-refractivity contribution is 5.89. The minimum absolute atomic E-state index is 0.0680. The van der Waals surface area contributed by atoms with Crippen molar-refractivity contribution >= 4 is 11.8 Å². The lowest BCUT2D eigenvalue weighted by molar-refractivity contribution is -0.158. The fourth-order valence-corrected chi connectivity index (χ4v) is 2.31. The molecule has 6 nitrogen and oxygen atoms in total. The quantitative estimate of drug-likeness (QED) is 0.873. The summed E-state index contributed by atoms with van der Waals surface area (Å²) in [5.41, 5.74) is 0.249. The summed E-state index contributed by atoms with van der Waals surface area (Å²) >= 11 is 0. The van der Waals surface area contributed by atoms with Crippen molar-refractivity contribution in [1.29, 1.82) is 5.26 Å². The van der Waals surface area contributed by atoms with Crippen LogP contribution in [0.4, 0.5) is 13.2 Å². The summed E-state index contributed by atoms with van der Waals surface area (Å²) in [6, 6.07) is 7.21. The molecule has 1 N–H and O–H groups in total. The Morgan fingerprint density at radius 2 is 2.12 bits per heavy atom. The second kappa shape index (κ2) is 7.21. The lowest BCUT2D eigenvalue weighted by Crippen LogP contribution is -2.45. The van der Waals surface area contributed by atoms with Crippen molar-refractivity contribution in [2.45, 2.75) is 18.6 Å². The summed E-state index contributed by atoms with van der Waals surface area (Å²) < 4.78 is 42.2. The highest BCUT2D eigenvalue weighted by atomic mass is 19.4. The Balaban J connectivity index is 1.85. The Labute approximate surface area is 135 Å². The van der Waals surface area contributed by atoms with E-state index in [-0.39, 0.29) is 24.3 Å². The number of alkyl halides is 3. The van der Waals surface area contributed by atoms with E-state index in [9.17, 15) is 22.8 Å². The number of ether oxygens (including phenoxy) is 1. The van der Waals surface area contributed by atoms with Crippen molar-refractivity contribution in [3.63, 3.8) is 0 Å². The first-order chi connectivity index (χ1) is 11.3. The zero-order valence-electron chi connectivity index (χ0n) is 12.5. The van der Waals surface area contributed by atoms with Crippen LogP contribution in [-0.4, -0.2) is 48.6 Å². The van der Waals surface area contributed by atoms with Gasteiger partial charge in [0.1, 0.15) is 24.4 Å². The van der Waals surface area contributed by atoms with Crippen molar-refractivity contribution < 1.29 is 27.5 Å². The second-order valence-electron chi connectivity index (χ2n) is 5.18. The van der Waals surface area contributed by atoms with Crippen LogP contribution in [0.5, 0.6) is 5.75 Å². The van der Waals surface area contributed by atoms with E-state index in [0.717, 1.165) is 0 Å². The number of likely N-dealkylation sites (tertiary alicyclic amines) is 1. The van der Waals surface area contributed by atoms with Gasteiger partial charge in [0.2, 0.25) is 5.91 Å². The predicted octanol–water partition coefficient (Wildman–Crippen LogP) is 1.22. The summed E-state index contributed by atoms with van der Waals surface area (Å²) in [6.45, 7) is -1.84. The number of amides is 2. The van der Waals surface area contributed by atoms with Gasteiger partial charge in [0.25, 0.3) is 5.91 Å².